The van der Waals surface area contributed by atoms with E-state index < -0.39 is 0 Å². The van der Waals surface area contributed by atoms with E-state index in [4.69, 9.17) is 11.6 Å². The zero-order valence-electron chi connectivity index (χ0n) is 10.7. The monoisotopic (exact) mass is 358 g/mol. The van der Waals surface area contributed by atoms with Gasteiger partial charge in [0.25, 0.3) is 0 Å². The lowest BCUT2D eigenvalue weighted by Gasteiger charge is -2.03. The number of halogens is 2. The van der Waals surface area contributed by atoms with Crippen LogP contribution in [-0.4, -0.2) is 19.8 Å². The molecule has 0 aliphatic carbocycles. The number of aromatic nitrogens is 4. The van der Waals surface area contributed by atoms with Gasteiger partial charge in [0, 0.05) is 10.0 Å². The number of hydrogen-bond donors (Lipinski definition) is 0. The molecule has 0 bridgehead atoms. The Morgan fingerprint density at radius 3 is 2.62 bits per heavy atom. The Morgan fingerprint density at radius 2 is 1.71 bits per heavy atom. The summed E-state index contributed by atoms with van der Waals surface area (Å²) >= 11 is 9.43. The molecule has 0 atom stereocenters. The van der Waals surface area contributed by atoms with Crippen LogP contribution >= 0.6 is 27.5 Å². The molecule has 0 spiro atoms. The van der Waals surface area contributed by atoms with Gasteiger partial charge in [0.05, 0.1) is 0 Å². The van der Waals surface area contributed by atoms with Gasteiger partial charge in [-0.2, -0.15) is 9.61 Å². The Balaban J connectivity index is 1.95. The summed E-state index contributed by atoms with van der Waals surface area (Å²) in [6.07, 6.45) is 0. The lowest BCUT2D eigenvalue weighted by atomic mass is 10.1. The van der Waals surface area contributed by atoms with E-state index in [-0.39, 0.29) is 0 Å². The van der Waals surface area contributed by atoms with Crippen LogP contribution in [0.1, 0.15) is 0 Å². The topological polar surface area (TPSA) is 43.1 Å². The third kappa shape index (κ3) is 2.18. The number of rotatable bonds is 1. The van der Waals surface area contributed by atoms with Crippen LogP contribution in [0.3, 0.4) is 0 Å². The van der Waals surface area contributed by atoms with Crippen molar-refractivity contribution in [3.63, 3.8) is 0 Å². The Kier molecular flexibility index (Phi) is 2.90. The van der Waals surface area contributed by atoms with Crippen molar-refractivity contribution >= 4 is 44.0 Å². The van der Waals surface area contributed by atoms with Crippen molar-refractivity contribution in [1.82, 2.24) is 19.8 Å². The molecule has 2 aromatic carbocycles. The Morgan fingerprint density at radius 1 is 0.905 bits per heavy atom. The molecule has 0 amide bonds. The molecular formula is C15H8BrClN4. The number of hydrogen-bond acceptors (Lipinski definition) is 3. The van der Waals surface area contributed by atoms with E-state index in [1.54, 1.807) is 16.6 Å². The average Bonchev–Trinajstić information content (AvgIpc) is 2.89. The van der Waals surface area contributed by atoms with Crippen LogP contribution in [0.15, 0.2) is 53.0 Å². The number of nitrogens with zero attached hydrogens (tertiary/aromatic N) is 4. The van der Waals surface area contributed by atoms with Crippen molar-refractivity contribution in [2.75, 3.05) is 0 Å². The molecule has 6 heteroatoms. The number of benzene rings is 2. The first-order valence-corrected chi connectivity index (χ1v) is 7.45. The summed E-state index contributed by atoms with van der Waals surface area (Å²) < 4.78 is 2.71. The molecule has 0 saturated carbocycles. The molecular weight excluding hydrogens is 352 g/mol. The van der Waals surface area contributed by atoms with Gasteiger partial charge in [-0.25, -0.2) is 0 Å². The lowest BCUT2D eigenvalue weighted by molar-refractivity contribution is 0.936. The van der Waals surface area contributed by atoms with E-state index in [0.717, 1.165) is 20.8 Å². The first-order chi connectivity index (χ1) is 10.2. The maximum absolute atomic E-state index is 5.95. The number of fused-ring (bicyclic) bond motifs is 2. The minimum atomic E-state index is 0.410. The molecule has 0 aliphatic rings. The molecule has 2 heterocycles. The van der Waals surface area contributed by atoms with E-state index in [2.05, 4.69) is 55.5 Å². The molecule has 0 radical (unpaired) electrons. The molecule has 21 heavy (non-hydrogen) atoms. The summed E-state index contributed by atoms with van der Waals surface area (Å²) in [6, 6.07) is 15.8. The minimum absolute atomic E-state index is 0.410. The smallest absolute Gasteiger partial charge is 0.185 e. The molecule has 0 aliphatic heterocycles. The van der Waals surface area contributed by atoms with E-state index >= 15 is 0 Å². The maximum atomic E-state index is 5.95. The third-order valence-corrected chi connectivity index (χ3v) is 3.99. The quantitative estimate of drug-likeness (QED) is 0.507. The second kappa shape index (κ2) is 4.79. The molecule has 4 aromatic rings. The largest absolute Gasteiger partial charge is 0.191 e. The predicted molar refractivity (Wildman–Crippen MR) is 86.4 cm³/mol. The standard InChI is InChI=1S/C15H8BrClN4/c16-12-4-3-9-7-11(2-1-10(9)8-12)15-19-18-14-6-5-13(17)20-21(14)15/h1-8H. The second-order valence-electron chi connectivity index (χ2n) is 4.66. The van der Waals surface area contributed by atoms with Crippen molar-refractivity contribution in [3.05, 3.63) is 58.2 Å². The first-order valence-electron chi connectivity index (χ1n) is 6.28. The Labute approximate surface area is 133 Å². The van der Waals surface area contributed by atoms with Gasteiger partial charge in [-0.3, -0.25) is 0 Å². The highest BCUT2D eigenvalue weighted by Crippen LogP contribution is 2.25. The van der Waals surface area contributed by atoms with Gasteiger partial charge in [-0.15, -0.1) is 10.2 Å². The van der Waals surface area contributed by atoms with Gasteiger partial charge in [0.1, 0.15) is 5.15 Å². The summed E-state index contributed by atoms with van der Waals surface area (Å²) in [4.78, 5) is 0. The molecule has 2 aromatic heterocycles. The van der Waals surface area contributed by atoms with E-state index in [9.17, 15) is 0 Å². The van der Waals surface area contributed by atoms with Gasteiger partial charge >= 0.3 is 0 Å². The third-order valence-electron chi connectivity index (χ3n) is 3.29. The van der Waals surface area contributed by atoms with E-state index in [0.29, 0.717) is 16.6 Å². The molecule has 4 nitrogen and oxygen atoms in total. The summed E-state index contributed by atoms with van der Waals surface area (Å²) in [5, 5.41) is 15.3. The van der Waals surface area contributed by atoms with Crippen LogP contribution in [0, 0.1) is 0 Å². The fourth-order valence-corrected chi connectivity index (χ4v) is 2.82. The molecule has 4 rings (SSSR count). The lowest BCUT2D eigenvalue weighted by Crippen LogP contribution is -1.94. The van der Waals surface area contributed by atoms with E-state index in [1.165, 1.54) is 0 Å². The second-order valence-corrected chi connectivity index (χ2v) is 5.96. The van der Waals surface area contributed by atoms with Crippen LogP contribution in [0.2, 0.25) is 5.15 Å². The van der Waals surface area contributed by atoms with Crippen LogP contribution in [0.4, 0.5) is 0 Å². The van der Waals surface area contributed by atoms with Gasteiger partial charge < -0.3 is 0 Å². The van der Waals surface area contributed by atoms with Crippen molar-refractivity contribution in [3.8, 4) is 11.4 Å². The Hall–Kier alpha value is -1.98. The SMILES string of the molecule is Clc1ccc2nnc(-c3ccc4cc(Br)ccc4c3)n2n1. The normalized spacial score (nSPS) is 11.3. The van der Waals surface area contributed by atoms with Crippen molar-refractivity contribution in [2.45, 2.75) is 0 Å². The molecule has 102 valence electrons. The van der Waals surface area contributed by atoms with Crippen LogP contribution < -0.4 is 0 Å². The fraction of sp³-hybridized carbons (Fsp3) is 0. The van der Waals surface area contributed by atoms with Gasteiger partial charge in [-0.1, -0.05) is 45.7 Å². The molecule has 0 unspecified atom stereocenters. The van der Waals surface area contributed by atoms with Crippen molar-refractivity contribution in [2.24, 2.45) is 0 Å². The van der Waals surface area contributed by atoms with Crippen LogP contribution in [0.5, 0.6) is 0 Å². The van der Waals surface area contributed by atoms with Gasteiger partial charge in [-0.05, 0) is 41.1 Å². The molecule has 0 N–H and O–H groups in total. The summed E-state index contributed by atoms with van der Waals surface area (Å²) in [5.74, 6) is 0.678. The fourth-order valence-electron chi connectivity index (χ4n) is 2.30. The van der Waals surface area contributed by atoms with Crippen LogP contribution in [-0.2, 0) is 0 Å². The predicted octanol–water partition coefficient (Wildman–Crippen LogP) is 4.36. The van der Waals surface area contributed by atoms with Gasteiger partial charge in [0.15, 0.2) is 11.5 Å². The molecule has 0 saturated heterocycles. The highest BCUT2D eigenvalue weighted by molar-refractivity contribution is 9.10. The zero-order chi connectivity index (χ0) is 14.4. The summed E-state index contributed by atoms with van der Waals surface area (Å²) in [6.45, 7) is 0. The maximum Gasteiger partial charge on any atom is 0.185 e. The van der Waals surface area contributed by atoms with E-state index in [1.807, 2.05) is 12.1 Å². The minimum Gasteiger partial charge on any atom is -0.191 e. The zero-order valence-corrected chi connectivity index (χ0v) is 13.0. The Bertz CT molecular complexity index is 980. The average molecular weight is 360 g/mol. The van der Waals surface area contributed by atoms with Crippen molar-refractivity contribution in [1.29, 1.82) is 0 Å². The van der Waals surface area contributed by atoms with Gasteiger partial charge in [0.2, 0.25) is 0 Å². The first kappa shape index (κ1) is 12.7. The summed E-state index contributed by atoms with van der Waals surface area (Å²) in [5.41, 5.74) is 1.62. The molecule has 0 fully saturated rings. The van der Waals surface area contributed by atoms with Crippen molar-refractivity contribution < 1.29 is 0 Å². The van der Waals surface area contributed by atoms with Crippen LogP contribution in [0.25, 0.3) is 27.8 Å². The highest BCUT2D eigenvalue weighted by atomic mass is 79.9. The summed E-state index contributed by atoms with van der Waals surface area (Å²) in [7, 11) is 0. The highest BCUT2D eigenvalue weighted by Gasteiger charge is 2.10.